The van der Waals surface area contributed by atoms with Crippen molar-refractivity contribution in [3.05, 3.63) is 17.8 Å². The lowest BCUT2D eigenvalue weighted by molar-refractivity contribution is -0.147. The standard InChI is InChI=1S/C12H18N2O5/c1-3-19-10(16)5-9(15)11(17)8-4-7(13)6-14-12(8)18-2/h4,6,9,11,15,17H,3,5,13H2,1-2H3. The molecular formula is C12H18N2O5. The van der Waals surface area contributed by atoms with Gasteiger partial charge < -0.3 is 25.4 Å². The lowest BCUT2D eigenvalue weighted by Crippen LogP contribution is -2.23. The van der Waals surface area contributed by atoms with E-state index in [-0.39, 0.29) is 24.5 Å². The van der Waals surface area contributed by atoms with Gasteiger partial charge in [0.1, 0.15) is 6.10 Å². The highest BCUT2D eigenvalue weighted by molar-refractivity contribution is 5.70. The molecule has 1 rings (SSSR count). The van der Waals surface area contributed by atoms with Gasteiger partial charge >= 0.3 is 5.97 Å². The third-order valence-corrected chi connectivity index (χ3v) is 2.46. The Morgan fingerprint density at radius 2 is 2.21 bits per heavy atom. The first-order valence-corrected chi connectivity index (χ1v) is 5.80. The first kappa shape index (κ1) is 15.2. The molecule has 19 heavy (non-hydrogen) atoms. The van der Waals surface area contributed by atoms with E-state index >= 15 is 0 Å². The Hall–Kier alpha value is -1.86. The number of rotatable bonds is 6. The van der Waals surface area contributed by atoms with E-state index in [9.17, 15) is 15.0 Å². The molecule has 0 saturated heterocycles. The maximum atomic E-state index is 11.2. The summed E-state index contributed by atoms with van der Waals surface area (Å²) >= 11 is 0. The summed E-state index contributed by atoms with van der Waals surface area (Å²) in [6.07, 6.45) is -1.62. The van der Waals surface area contributed by atoms with Gasteiger partial charge in [0.15, 0.2) is 0 Å². The molecule has 1 aromatic heterocycles. The molecule has 0 aromatic carbocycles. The summed E-state index contributed by atoms with van der Waals surface area (Å²) in [5.41, 5.74) is 6.11. The highest BCUT2D eigenvalue weighted by Crippen LogP contribution is 2.28. The number of carbonyl (C=O) groups is 1. The second kappa shape index (κ2) is 6.91. The fourth-order valence-corrected chi connectivity index (χ4v) is 1.58. The first-order valence-electron chi connectivity index (χ1n) is 5.80. The fourth-order valence-electron chi connectivity index (χ4n) is 1.58. The molecule has 0 radical (unpaired) electrons. The molecule has 0 fully saturated rings. The van der Waals surface area contributed by atoms with Gasteiger partial charge in [-0.15, -0.1) is 0 Å². The van der Waals surface area contributed by atoms with Crippen LogP contribution in [-0.2, 0) is 9.53 Å². The van der Waals surface area contributed by atoms with Crippen molar-refractivity contribution in [3.63, 3.8) is 0 Å². The zero-order chi connectivity index (χ0) is 14.4. The first-order chi connectivity index (χ1) is 8.99. The van der Waals surface area contributed by atoms with Gasteiger partial charge in [-0.3, -0.25) is 4.79 Å². The summed E-state index contributed by atoms with van der Waals surface area (Å²) in [6.45, 7) is 1.87. The largest absolute Gasteiger partial charge is 0.481 e. The second-order valence-corrected chi connectivity index (χ2v) is 3.89. The average Bonchev–Trinajstić information content (AvgIpc) is 2.37. The topological polar surface area (TPSA) is 115 Å². The van der Waals surface area contributed by atoms with Gasteiger partial charge in [-0.1, -0.05) is 0 Å². The molecule has 0 aliphatic heterocycles. The Balaban J connectivity index is 2.83. The Morgan fingerprint density at radius 3 is 2.79 bits per heavy atom. The molecule has 4 N–H and O–H groups in total. The number of ether oxygens (including phenoxy) is 2. The number of carbonyl (C=O) groups excluding carboxylic acids is 1. The zero-order valence-corrected chi connectivity index (χ0v) is 10.9. The van der Waals surface area contributed by atoms with Gasteiger partial charge in [0.2, 0.25) is 5.88 Å². The molecule has 1 heterocycles. The Labute approximate surface area is 111 Å². The van der Waals surface area contributed by atoms with Crippen molar-refractivity contribution in [1.29, 1.82) is 0 Å². The van der Waals surface area contributed by atoms with Crippen molar-refractivity contribution in [2.24, 2.45) is 0 Å². The van der Waals surface area contributed by atoms with Gasteiger partial charge in [-0.25, -0.2) is 4.98 Å². The number of aromatic nitrogens is 1. The van der Waals surface area contributed by atoms with E-state index in [1.165, 1.54) is 19.4 Å². The minimum atomic E-state index is -1.34. The smallest absolute Gasteiger partial charge is 0.308 e. The average molecular weight is 270 g/mol. The summed E-state index contributed by atoms with van der Waals surface area (Å²) in [5.74, 6) is -0.450. The van der Waals surface area contributed by atoms with Crippen molar-refractivity contribution in [3.8, 4) is 5.88 Å². The third-order valence-electron chi connectivity index (χ3n) is 2.46. The van der Waals surface area contributed by atoms with E-state index in [0.717, 1.165) is 0 Å². The third kappa shape index (κ3) is 4.08. The minimum absolute atomic E-state index is 0.143. The summed E-state index contributed by atoms with van der Waals surface area (Å²) < 4.78 is 9.67. The Morgan fingerprint density at radius 1 is 1.53 bits per heavy atom. The summed E-state index contributed by atoms with van der Waals surface area (Å²) in [5, 5.41) is 19.8. The highest BCUT2D eigenvalue weighted by Gasteiger charge is 2.25. The maximum Gasteiger partial charge on any atom is 0.308 e. The van der Waals surface area contributed by atoms with Crippen LogP contribution in [0.1, 0.15) is 25.0 Å². The summed E-state index contributed by atoms with van der Waals surface area (Å²) in [4.78, 5) is 15.1. The lowest BCUT2D eigenvalue weighted by atomic mass is 10.0. The number of nitrogens with zero attached hydrogens (tertiary/aromatic N) is 1. The number of pyridine rings is 1. The van der Waals surface area contributed by atoms with Gasteiger partial charge in [-0.2, -0.15) is 0 Å². The number of aliphatic hydroxyl groups is 2. The quantitative estimate of drug-likeness (QED) is 0.624. The molecule has 0 aliphatic carbocycles. The van der Waals surface area contributed by atoms with Crippen LogP contribution >= 0.6 is 0 Å². The predicted octanol–water partition coefficient (Wildman–Crippen LogP) is 0.0199. The van der Waals surface area contributed by atoms with Crippen molar-refractivity contribution in [2.75, 3.05) is 19.5 Å². The lowest BCUT2D eigenvalue weighted by Gasteiger charge is -2.19. The SMILES string of the molecule is CCOC(=O)CC(O)C(O)c1cc(N)cnc1OC. The molecule has 106 valence electrons. The molecule has 7 nitrogen and oxygen atoms in total. The molecule has 0 aliphatic rings. The van der Waals surface area contributed by atoms with Crippen LogP contribution in [0.5, 0.6) is 5.88 Å². The van der Waals surface area contributed by atoms with Crippen LogP contribution < -0.4 is 10.5 Å². The van der Waals surface area contributed by atoms with Crippen molar-refractivity contribution >= 4 is 11.7 Å². The molecule has 0 spiro atoms. The van der Waals surface area contributed by atoms with Gasteiger partial charge in [0.05, 0.1) is 38.1 Å². The van der Waals surface area contributed by atoms with Gasteiger partial charge in [-0.05, 0) is 13.0 Å². The highest BCUT2D eigenvalue weighted by atomic mass is 16.5. The van der Waals surface area contributed by atoms with Gasteiger partial charge in [0.25, 0.3) is 0 Å². The van der Waals surface area contributed by atoms with E-state index in [1.807, 2.05) is 0 Å². The Kier molecular flexibility index (Phi) is 5.53. The van der Waals surface area contributed by atoms with Crippen LogP contribution in [0.3, 0.4) is 0 Å². The van der Waals surface area contributed by atoms with Gasteiger partial charge in [0, 0.05) is 5.56 Å². The van der Waals surface area contributed by atoms with Crippen LogP contribution in [0, 0.1) is 0 Å². The number of hydrogen-bond donors (Lipinski definition) is 3. The van der Waals surface area contributed by atoms with Crippen LogP contribution in [0.4, 0.5) is 5.69 Å². The normalized spacial score (nSPS) is 13.7. The molecule has 0 bridgehead atoms. The maximum absolute atomic E-state index is 11.2. The van der Waals surface area contributed by atoms with Crippen LogP contribution in [0.15, 0.2) is 12.3 Å². The van der Waals surface area contributed by atoms with Crippen molar-refractivity contribution < 1.29 is 24.5 Å². The van der Waals surface area contributed by atoms with E-state index in [2.05, 4.69) is 4.98 Å². The van der Waals surface area contributed by atoms with Crippen molar-refractivity contribution in [1.82, 2.24) is 4.98 Å². The number of hydrogen-bond acceptors (Lipinski definition) is 7. The summed E-state index contributed by atoms with van der Waals surface area (Å²) in [7, 11) is 1.38. The fraction of sp³-hybridized carbons (Fsp3) is 0.500. The monoisotopic (exact) mass is 270 g/mol. The van der Waals surface area contributed by atoms with Crippen molar-refractivity contribution in [2.45, 2.75) is 25.6 Å². The summed E-state index contributed by atoms with van der Waals surface area (Å²) in [6, 6.07) is 1.44. The number of nitrogen functional groups attached to an aromatic ring is 1. The second-order valence-electron chi connectivity index (χ2n) is 3.89. The minimum Gasteiger partial charge on any atom is -0.481 e. The van der Waals surface area contributed by atoms with E-state index in [4.69, 9.17) is 15.2 Å². The number of nitrogens with two attached hydrogens (primary N) is 1. The van der Waals surface area contributed by atoms with Crippen LogP contribution in [0.2, 0.25) is 0 Å². The van der Waals surface area contributed by atoms with E-state index in [1.54, 1.807) is 6.92 Å². The predicted molar refractivity (Wildman–Crippen MR) is 67.4 cm³/mol. The molecule has 1 aromatic rings. The molecule has 2 unspecified atom stereocenters. The number of methoxy groups -OCH3 is 1. The number of aliphatic hydroxyl groups excluding tert-OH is 2. The molecular weight excluding hydrogens is 252 g/mol. The Bertz CT molecular complexity index is 438. The van der Waals surface area contributed by atoms with E-state index < -0.39 is 18.2 Å². The number of anilines is 1. The van der Waals surface area contributed by atoms with Crippen LogP contribution in [-0.4, -0.2) is 41.0 Å². The molecule has 2 atom stereocenters. The molecule has 0 saturated carbocycles. The zero-order valence-electron chi connectivity index (χ0n) is 10.9. The van der Waals surface area contributed by atoms with E-state index in [0.29, 0.717) is 5.69 Å². The molecule has 7 heteroatoms. The molecule has 0 amide bonds. The number of esters is 1. The van der Waals surface area contributed by atoms with Crippen LogP contribution in [0.25, 0.3) is 0 Å².